The summed E-state index contributed by atoms with van der Waals surface area (Å²) in [6.07, 6.45) is 2.38. The van der Waals surface area contributed by atoms with Crippen molar-refractivity contribution in [1.29, 1.82) is 0 Å². The van der Waals surface area contributed by atoms with Crippen molar-refractivity contribution in [2.75, 3.05) is 56.5 Å². The van der Waals surface area contributed by atoms with Gasteiger partial charge in [-0.25, -0.2) is 9.97 Å². The Morgan fingerprint density at radius 3 is 2.39 bits per heavy atom. The van der Waals surface area contributed by atoms with Crippen LogP contribution in [0.2, 0.25) is 0 Å². The molecular formula is C23H33N7O. The number of nitrogens with zero attached hydrogens (tertiary/aromatic N) is 5. The molecule has 2 aliphatic heterocycles. The number of hydrogen-bond donors (Lipinski definition) is 2. The van der Waals surface area contributed by atoms with E-state index in [1.54, 1.807) is 0 Å². The Morgan fingerprint density at radius 1 is 1.03 bits per heavy atom. The SMILES string of the molecule is Cc1nc(Nc2cccc(N3CCC(N4CCN(C)CC4)CC3)c2)c(C(N)=O)nc1C. The summed E-state index contributed by atoms with van der Waals surface area (Å²) in [6, 6.07) is 8.94. The normalized spacial score (nSPS) is 18.9. The molecule has 31 heavy (non-hydrogen) atoms. The van der Waals surface area contributed by atoms with Crippen molar-refractivity contribution in [2.24, 2.45) is 5.73 Å². The van der Waals surface area contributed by atoms with Gasteiger partial charge in [-0.1, -0.05) is 6.07 Å². The van der Waals surface area contributed by atoms with Crippen molar-refractivity contribution in [3.8, 4) is 0 Å². The third kappa shape index (κ3) is 4.97. The smallest absolute Gasteiger partial charge is 0.271 e. The number of amides is 1. The van der Waals surface area contributed by atoms with Crippen LogP contribution in [0, 0.1) is 13.8 Å². The summed E-state index contributed by atoms with van der Waals surface area (Å²) in [4.78, 5) is 28.2. The fraction of sp³-hybridized carbons (Fsp3) is 0.522. The zero-order chi connectivity index (χ0) is 22.0. The minimum absolute atomic E-state index is 0.168. The number of carbonyl (C=O) groups excluding carboxylic acids is 1. The summed E-state index contributed by atoms with van der Waals surface area (Å²) in [5.41, 5.74) is 9.22. The molecule has 1 aromatic carbocycles. The monoisotopic (exact) mass is 423 g/mol. The Hall–Kier alpha value is -2.71. The molecule has 0 aliphatic carbocycles. The number of nitrogens with two attached hydrogens (primary N) is 1. The molecule has 166 valence electrons. The van der Waals surface area contributed by atoms with Gasteiger partial charge in [0.15, 0.2) is 11.5 Å². The number of benzene rings is 1. The zero-order valence-electron chi connectivity index (χ0n) is 18.8. The van der Waals surface area contributed by atoms with E-state index in [9.17, 15) is 4.79 Å². The van der Waals surface area contributed by atoms with Crippen LogP contribution in [0.15, 0.2) is 24.3 Å². The van der Waals surface area contributed by atoms with Gasteiger partial charge in [0.25, 0.3) is 5.91 Å². The van der Waals surface area contributed by atoms with Gasteiger partial charge in [0.1, 0.15) is 0 Å². The minimum atomic E-state index is -0.583. The lowest BCUT2D eigenvalue weighted by molar-refractivity contribution is 0.0982. The van der Waals surface area contributed by atoms with Gasteiger partial charge in [-0.15, -0.1) is 0 Å². The number of likely N-dealkylation sites (N-methyl/N-ethyl adjacent to an activating group) is 1. The van der Waals surface area contributed by atoms with Crippen LogP contribution < -0.4 is 16.0 Å². The van der Waals surface area contributed by atoms with E-state index in [0.29, 0.717) is 17.6 Å². The Morgan fingerprint density at radius 2 is 1.71 bits per heavy atom. The third-order valence-corrected chi connectivity index (χ3v) is 6.53. The molecule has 8 heteroatoms. The van der Waals surface area contributed by atoms with Crippen LogP contribution in [0.25, 0.3) is 0 Å². The van der Waals surface area contributed by atoms with E-state index in [-0.39, 0.29) is 5.69 Å². The quantitative estimate of drug-likeness (QED) is 0.761. The highest BCUT2D eigenvalue weighted by Gasteiger charge is 2.26. The minimum Gasteiger partial charge on any atom is -0.371 e. The number of aromatic nitrogens is 2. The van der Waals surface area contributed by atoms with Gasteiger partial charge >= 0.3 is 0 Å². The van der Waals surface area contributed by atoms with Crippen LogP contribution in [-0.2, 0) is 0 Å². The predicted molar refractivity (Wildman–Crippen MR) is 124 cm³/mol. The zero-order valence-corrected chi connectivity index (χ0v) is 18.8. The van der Waals surface area contributed by atoms with E-state index in [2.05, 4.69) is 49.2 Å². The number of piperidine rings is 1. The lowest BCUT2D eigenvalue weighted by atomic mass is 10.0. The van der Waals surface area contributed by atoms with Gasteiger partial charge < -0.3 is 20.9 Å². The number of carbonyl (C=O) groups is 1. The van der Waals surface area contributed by atoms with Crippen molar-refractivity contribution < 1.29 is 4.79 Å². The number of primary amides is 1. The summed E-state index contributed by atoms with van der Waals surface area (Å²) >= 11 is 0. The molecule has 2 fully saturated rings. The van der Waals surface area contributed by atoms with Crippen LogP contribution in [0.1, 0.15) is 34.7 Å². The second-order valence-corrected chi connectivity index (χ2v) is 8.69. The van der Waals surface area contributed by atoms with Crippen LogP contribution in [0.5, 0.6) is 0 Å². The van der Waals surface area contributed by atoms with Gasteiger partial charge in [-0.05, 0) is 51.9 Å². The molecule has 0 atom stereocenters. The molecule has 0 spiro atoms. The lowest BCUT2D eigenvalue weighted by Crippen LogP contribution is -2.52. The van der Waals surface area contributed by atoms with Gasteiger partial charge in [0.2, 0.25) is 0 Å². The van der Waals surface area contributed by atoms with Crippen LogP contribution >= 0.6 is 0 Å². The van der Waals surface area contributed by atoms with Crippen molar-refractivity contribution in [2.45, 2.75) is 32.7 Å². The molecular weight excluding hydrogens is 390 g/mol. The van der Waals surface area contributed by atoms with Crippen LogP contribution in [-0.4, -0.2) is 78.0 Å². The molecule has 2 aromatic rings. The van der Waals surface area contributed by atoms with Gasteiger partial charge in [-0.3, -0.25) is 9.69 Å². The maximum atomic E-state index is 11.8. The average molecular weight is 424 g/mol. The molecule has 8 nitrogen and oxygen atoms in total. The predicted octanol–water partition coefficient (Wildman–Crippen LogP) is 2.15. The van der Waals surface area contributed by atoms with E-state index in [0.717, 1.165) is 24.5 Å². The van der Waals surface area contributed by atoms with E-state index < -0.39 is 5.91 Å². The summed E-state index contributed by atoms with van der Waals surface area (Å²) in [6.45, 7) is 10.5. The van der Waals surface area contributed by atoms with Crippen LogP contribution in [0.4, 0.5) is 17.2 Å². The topological polar surface area (TPSA) is 90.6 Å². The maximum Gasteiger partial charge on any atom is 0.271 e. The Bertz CT molecular complexity index is 932. The summed E-state index contributed by atoms with van der Waals surface area (Å²) in [5, 5.41) is 3.25. The first kappa shape index (κ1) is 21.5. The van der Waals surface area contributed by atoms with Crippen molar-refractivity contribution >= 4 is 23.1 Å². The standard InChI is InChI=1S/C23H33N7O/c1-16-17(2)26-23(21(25-16)22(24)31)27-18-5-4-6-20(15-18)29-9-7-19(8-10-29)30-13-11-28(3)12-14-30/h4-6,15,19H,7-14H2,1-3H3,(H2,24,31)(H,26,27). The van der Waals surface area contributed by atoms with Gasteiger partial charge in [0.05, 0.1) is 11.4 Å². The molecule has 1 amide bonds. The average Bonchev–Trinajstić information content (AvgIpc) is 2.77. The van der Waals surface area contributed by atoms with E-state index >= 15 is 0 Å². The van der Waals surface area contributed by atoms with Crippen molar-refractivity contribution in [1.82, 2.24) is 19.8 Å². The molecule has 1 aromatic heterocycles. The molecule has 4 rings (SSSR count). The van der Waals surface area contributed by atoms with E-state index in [1.807, 2.05) is 26.0 Å². The largest absolute Gasteiger partial charge is 0.371 e. The molecule has 2 aliphatic rings. The maximum absolute atomic E-state index is 11.8. The first-order chi connectivity index (χ1) is 14.9. The third-order valence-electron chi connectivity index (χ3n) is 6.53. The summed E-state index contributed by atoms with van der Waals surface area (Å²) in [7, 11) is 2.21. The molecule has 3 N–H and O–H groups in total. The number of anilines is 3. The number of piperazine rings is 1. The molecule has 0 radical (unpaired) electrons. The highest BCUT2D eigenvalue weighted by atomic mass is 16.1. The highest BCUT2D eigenvalue weighted by Crippen LogP contribution is 2.27. The second kappa shape index (κ2) is 9.20. The number of nitrogens with one attached hydrogen (secondary N) is 1. The second-order valence-electron chi connectivity index (χ2n) is 8.69. The van der Waals surface area contributed by atoms with Crippen molar-refractivity contribution in [3.63, 3.8) is 0 Å². The molecule has 0 unspecified atom stereocenters. The number of aryl methyl sites for hydroxylation is 2. The fourth-order valence-corrected chi connectivity index (χ4v) is 4.46. The highest BCUT2D eigenvalue weighted by molar-refractivity contribution is 5.96. The Kier molecular flexibility index (Phi) is 6.38. The fourth-order valence-electron chi connectivity index (χ4n) is 4.46. The number of hydrogen-bond acceptors (Lipinski definition) is 7. The van der Waals surface area contributed by atoms with Crippen LogP contribution in [0.3, 0.4) is 0 Å². The molecule has 3 heterocycles. The van der Waals surface area contributed by atoms with Gasteiger partial charge in [-0.2, -0.15) is 0 Å². The first-order valence-corrected chi connectivity index (χ1v) is 11.1. The summed E-state index contributed by atoms with van der Waals surface area (Å²) < 4.78 is 0. The number of rotatable bonds is 5. The molecule has 0 bridgehead atoms. The van der Waals surface area contributed by atoms with E-state index in [1.165, 1.54) is 44.7 Å². The Labute approximate surface area is 184 Å². The van der Waals surface area contributed by atoms with Crippen molar-refractivity contribution in [3.05, 3.63) is 41.3 Å². The Balaban J connectivity index is 1.43. The lowest BCUT2D eigenvalue weighted by Gasteiger charge is -2.42. The van der Waals surface area contributed by atoms with Gasteiger partial charge in [0, 0.05) is 56.7 Å². The first-order valence-electron chi connectivity index (χ1n) is 11.1. The van der Waals surface area contributed by atoms with E-state index in [4.69, 9.17) is 5.73 Å². The molecule has 2 saturated heterocycles. The molecule has 0 saturated carbocycles. The summed E-state index contributed by atoms with van der Waals surface area (Å²) in [5.74, 6) is -0.179.